The first-order valence-corrected chi connectivity index (χ1v) is 5.81. The molecular formula is C9H19NS. The minimum absolute atomic E-state index is 1.05. The lowest BCUT2D eigenvalue weighted by atomic mass is 10.1. The van der Waals surface area contributed by atoms with Crippen molar-refractivity contribution in [1.29, 1.82) is 0 Å². The van der Waals surface area contributed by atoms with Crippen LogP contribution in [-0.4, -0.2) is 25.1 Å². The number of hydrogen-bond donors (Lipinski definition) is 1. The van der Waals surface area contributed by atoms with Gasteiger partial charge in [0, 0.05) is 12.3 Å². The number of nitrogens with one attached hydrogen (secondary N) is 1. The lowest BCUT2D eigenvalue weighted by Gasteiger charge is -2.07. The van der Waals surface area contributed by atoms with Crippen molar-refractivity contribution in [3.05, 3.63) is 0 Å². The number of hydrogen-bond acceptors (Lipinski definition) is 2. The van der Waals surface area contributed by atoms with Crippen molar-refractivity contribution in [3.63, 3.8) is 0 Å². The van der Waals surface area contributed by atoms with Crippen LogP contribution < -0.4 is 5.32 Å². The van der Waals surface area contributed by atoms with Gasteiger partial charge in [0.25, 0.3) is 0 Å². The van der Waals surface area contributed by atoms with Crippen LogP contribution in [0.1, 0.15) is 25.7 Å². The van der Waals surface area contributed by atoms with Gasteiger partial charge in [-0.15, -0.1) is 0 Å². The Kier molecular flexibility index (Phi) is 5.04. The van der Waals surface area contributed by atoms with E-state index in [4.69, 9.17) is 0 Å². The molecule has 0 aromatic carbocycles. The van der Waals surface area contributed by atoms with E-state index in [0.717, 1.165) is 12.5 Å². The molecular weight excluding hydrogens is 154 g/mol. The summed E-state index contributed by atoms with van der Waals surface area (Å²) in [4.78, 5) is 0. The molecule has 0 unspecified atom stereocenters. The van der Waals surface area contributed by atoms with Crippen LogP contribution in [0, 0.1) is 5.92 Å². The maximum atomic E-state index is 3.17. The normalized spacial score (nSPS) is 19.4. The molecule has 1 fully saturated rings. The van der Waals surface area contributed by atoms with Crippen LogP contribution in [0.5, 0.6) is 0 Å². The maximum Gasteiger partial charge on any atom is 0.00580 e. The summed E-state index contributed by atoms with van der Waals surface area (Å²) in [7, 11) is 2.02. The Bertz CT molecular complexity index is 89.6. The average Bonchev–Trinajstić information content (AvgIpc) is 2.50. The number of rotatable bonds is 5. The standard InChI is InChI=1S/C9H19NS/c1-10-6-7-11-8-9-4-2-3-5-9/h9-10H,2-8H2,1H3. The zero-order valence-electron chi connectivity index (χ0n) is 7.44. The van der Waals surface area contributed by atoms with Crippen molar-refractivity contribution in [2.24, 2.45) is 5.92 Å². The van der Waals surface area contributed by atoms with E-state index in [1.807, 2.05) is 7.05 Å². The van der Waals surface area contributed by atoms with Gasteiger partial charge in [0.15, 0.2) is 0 Å². The van der Waals surface area contributed by atoms with Gasteiger partial charge in [0.2, 0.25) is 0 Å². The molecule has 0 heterocycles. The largest absolute Gasteiger partial charge is 0.319 e. The summed E-state index contributed by atoms with van der Waals surface area (Å²) in [5.74, 6) is 3.74. The summed E-state index contributed by atoms with van der Waals surface area (Å²) in [6, 6.07) is 0. The lowest BCUT2D eigenvalue weighted by molar-refractivity contribution is 0.623. The summed E-state index contributed by atoms with van der Waals surface area (Å²) in [6.45, 7) is 1.16. The van der Waals surface area contributed by atoms with E-state index in [0.29, 0.717) is 0 Å². The van der Waals surface area contributed by atoms with Crippen molar-refractivity contribution in [1.82, 2.24) is 5.32 Å². The summed E-state index contributed by atoms with van der Waals surface area (Å²) in [6.07, 6.45) is 5.95. The molecule has 1 aliphatic rings. The van der Waals surface area contributed by atoms with E-state index < -0.39 is 0 Å². The molecule has 1 aliphatic carbocycles. The van der Waals surface area contributed by atoms with E-state index >= 15 is 0 Å². The van der Waals surface area contributed by atoms with Crippen molar-refractivity contribution in [2.75, 3.05) is 25.1 Å². The molecule has 0 aromatic rings. The van der Waals surface area contributed by atoms with Crippen molar-refractivity contribution < 1.29 is 0 Å². The Balaban J connectivity index is 1.86. The van der Waals surface area contributed by atoms with E-state index in [1.54, 1.807) is 0 Å². The van der Waals surface area contributed by atoms with Crippen LogP contribution in [-0.2, 0) is 0 Å². The second-order valence-electron chi connectivity index (χ2n) is 3.33. The SMILES string of the molecule is CNCCSCC1CCCC1. The van der Waals surface area contributed by atoms with Gasteiger partial charge in [0.1, 0.15) is 0 Å². The summed E-state index contributed by atoms with van der Waals surface area (Å²) >= 11 is 2.11. The van der Waals surface area contributed by atoms with Crippen LogP contribution in [0.25, 0.3) is 0 Å². The fraction of sp³-hybridized carbons (Fsp3) is 1.00. The van der Waals surface area contributed by atoms with Crippen LogP contribution in [0.4, 0.5) is 0 Å². The summed E-state index contributed by atoms with van der Waals surface area (Å²) < 4.78 is 0. The van der Waals surface area contributed by atoms with Crippen molar-refractivity contribution in [3.8, 4) is 0 Å². The summed E-state index contributed by atoms with van der Waals surface area (Å²) in [5.41, 5.74) is 0. The summed E-state index contributed by atoms with van der Waals surface area (Å²) in [5, 5.41) is 3.17. The van der Waals surface area contributed by atoms with Crippen LogP contribution >= 0.6 is 11.8 Å². The molecule has 2 heteroatoms. The van der Waals surface area contributed by atoms with Gasteiger partial charge in [-0.3, -0.25) is 0 Å². The Morgan fingerprint density at radius 3 is 2.73 bits per heavy atom. The molecule has 0 spiro atoms. The molecule has 0 bridgehead atoms. The van der Waals surface area contributed by atoms with Gasteiger partial charge in [-0.2, -0.15) is 11.8 Å². The predicted molar refractivity (Wildman–Crippen MR) is 53.2 cm³/mol. The molecule has 0 radical (unpaired) electrons. The smallest absolute Gasteiger partial charge is 0.00580 e. The van der Waals surface area contributed by atoms with Crippen LogP contribution in [0.2, 0.25) is 0 Å². The molecule has 1 saturated carbocycles. The van der Waals surface area contributed by atoms with Crippen LogP contribution in [0.3, 0.4) is 0 Å². The Hall–Kier alpha value is 0.310. The Labute approximate surface area is 74.3 Å². The topological polar surface area (TPSA) is 12.0 Å². The fourth-order valence-electron chi connectivity index (χ4n) is 1.60. The Morgan fingerprint density at radius 2 is 2.09 bits per heavy atom. The molecule has 1 rings (SSSR count). The molecule has 0 atom stereocenters. The maximum absolute atomic E-state index is 3.17. The third-order valence-corrected chi connectivity index (χ3v) is 3.52. The highest BCUT2D eigenvalue weighted by atomic mass is 32.2. The highest BCUT2D eigenvalue weighted by molar-refractivity contribution is 7.99. The number of thioether (sulfide) groups is 1. The van der Waals surface area contributed by atoms with Gasteiger partial charge in [0.05, 0.1) is 0 Å². The fourth-order valence-corrected chi connectivity index (χ4v) is 2.78. The molecule has 1 nitrogen and oxygen atoms in total. The lowest BCUT2D eigenvalue weighted by Crippen LogP contribution is -2.11. The zero-order valence-corrected chi connectivity index (χ0v) is 8.25. The van der Waals surface area contributed by atoms with E-state index in [9.17, 15) is 0 Å². The highest BCUT2D eigenvalue weighted by Gasteiger charge is 2.13. The first-order valence-electron chi connectivity index (χ1n) is 4.66. The Morgan fingerprint density at radius 1 is 1.36 bits per heavy atom. The van der Waals surface area contributed by atoms with E-state index in [1.165, 1.54) is 37.2 Å². The quantitative estimate of drug-likeness (QED) is 0.639. The van der Waals surface area contributed by atoms with E-state index in [2.05, 4.69) is 17.1 Å². The third kappa shape index (κ3) is 4.02. The van der Waals surface area contributed by atoms with Gasteiger partial charge in [-0.05, 0) is 31.6 Å². The van der Waals surface area contributed by atoms with Gasteiger partial charge >= 0.3 is 0 Å². The molecule has 0 aliphatic heterocycles. The average molecular weight is 173 g/mol. The van der Waals surface area contributed by atoms with Crippen molar-refractivity contribution in [2.45, 2.75) is 25.7 Å². The minimum atomic E-state index is 1.05. The first kappa shape index (κ1) is 9.40. The third-order valence-electron chi connectivity index (χ3n) is 2.32. The van der Waals surface area contributed by atoms with E-state index in [-0.39, 0.29) is 0 Å². The van der Waals surface area contributed by atoms with Gasteiger partial charge in [-0.25, -0.2) is 0 Å². The molecule has 0 saturated heterocycles. The second kappa shape index (κ2) is 5.90. The minimum Gasteiger partial charge on any atom is -0.319 e. The molecule has 66 valence electrons. The zero-order chi connectivity index (χ0) is 7.94. The molecule has 1 N–H and O–H groups in total. The molecule has 0 aromatic heterocycles. The molecule has 0 amide bonds. The second-order valence-corrected chi connectivity index (χ2v) is 4.48. The van der Waals surface area contributed by atoms with Crippen molar-refractivity contribution >= 4 is 11.8 Å². The highest BCUT2D eigenvalue weighted by Crippen LogP contribution is 2.27. The van der Waals surface area contributed by atoms with Gasteiger partial charge < -0.3 is 5.32 Å². The predicted octanol–water partition coefficient (Wildman–Crippen LogP) is 2.13. The monoisotopic (exact) mass is 173 g/mol. The van der Waals surface area contributed by atoms with Crippen LogP contribution in [0.15, 0.2) is 0 Å². The van der Waals surface area contributed by atoms with Gasteiger partial charge in [-0.1, -0.05) is 12.8 Å². The molecule has 11 heavy (non-hydrogen) atoms. The first-order chi connectivity index (χ1) is 5.43.